The molecule has 1 fully saturated rings. The number of aromatic nitrogens is 1. The monoisotopic (exact) mass is 1060 g/mol. The highest BCUT2D eigenvalue weighted by Crippen LogP contribution is 2.20. The van der Waals surface area contributed by atoms with Gasteiger partial charge in [0.1, 0.15) is 42.3 Å². The maximum absolute atomic E-state index is 14.9. The Morgan fingerprint density at radius 3 is 1.44 bits per heavy atom. The van der Waals surface area contributed by atoms with Crippen LogP contribution in [0.2, 0.25) is 0 Å². The number of benzene rings is 4. The second kappa shape index (κ2) is 30.0. The Hall–Kier alpha value is -7.94. The summed E-state index contributed by atoms with van der Waals surface area (Å²) in [6.07, 6.45) is 1.48. The lowest BCUT2D eigenvalue weighted by Gasteiger charge is -2.29. The number of hydrogen-bond acceptors (Lipinski definition) is 11. The largest absolute Gasteiger partial charge is 0.391 e. The summed E-state index contributed by atoms with van der Waals surface area (Å²) in [5, 5.41) is 34.0. The van der Waals surface area contributed by atoms with E-state index in [9.17, 15) is 43.5 Å². The van der Waals surface area contributed by atoms with Crippen molar-refractivity contribution < 1.29 is 43.5 Å². The molecule has 2 heterocycles. The predicted octanol–water partition coefficient (Wildman–Crippen LogP) is 0.991. The fraction of sp³-hybridized carbons (Fsp3) is 0.404. The van der Waals surface area contributed by atoms with Crippen molar-refractivity contribution in [1.82, 2.24) is 47.5 Å². The molecular weight excluding hydrogens is 983 g/mol. The Morgan fingerprint density at radius 1 is 0.481 bits per heavy atom. The van der Waals surface area contributed by atoms with Crippen LogP contribution in [0.1, 0.15) is 74.1 Å². The number of aliphatic hydroxyl groups excluding tert-OH is 1. The molecular formula is C57H73N11O9. The van der Waals surface area contributed by atoms with E-state index in [0.29, 0.717) is 41.5 Å². The molecule has 8 atom stereocenters. The first-order chi connectivity index (χ1) is 37.2. The molecule has 1 aliphatic heterocycles. The molecule has 0 unspecified atom stereocenters. The van der Waals surface area contributed by atoms with Gasteiger partial charge in [0.2, 0.25) is 47.3 Å². The van der Waals surface area contributed by atoms with Gasteiger partial charge >= 0.3 is 0 Å². The highest BCUT2D eigenvalue weighted by atomic mass is 16.3. The zero-order valence-corrected chi connectivity index (χ0v) is 43.4. The van der Waals surface area contributed by atoms with Crippen LogP contribution in [0, 0.1) is 0 Å². The summed E-state index contributed by atoms with van der Waals surface area (Å²) in [6, 6.07) is 24.9. The van der Waals surface area contributed by atoms with Gasteiger partial charge in [-0.15, -0.1) is 0 Å². The molecule has 0 radical (unpaired) electrons. The average Bonchev–Trinajstić information content (AvgIpc) is 3.85. The lowest BCUT2D eigenvalue weighted by atomic mass is 10.00. The molecule has 20 nitrogen and oxygen atoms in total. The van der Waals surface area contributed by atoms with E-state index in [-0.39, 0.29) is 71.0 Å². The molecule has 1 aliphatic rings. The number of fused-ring (bicyclic) bond motifs is 1. The van der Waals surface area contributed by atoms with Crippen LogP contribution in [-0.4, -0.2) is 125 Å². The molecule has 0 spiro atoms. The summed E-state index contributed by atoms with van der Waals surface area (Å²) in [6.45, 7) is 1.77. The minimum Gasteiger partial charge on any atom is -0.391 e. The molecule has 0 aliphatic carbocycles. The van der Waals surface area contributed by atoms with E-state index in [0.717, 1.165) is 10.9 Å². The zero-order chi connectivity index (χ0) is 55.1. The maximum Gasteiger partial charge on any atom is 0.245 e. The van der Waals surface area contributed by atoms with Gasteiger partial charge in [-0.05, 0) is 86.9 Å². The number of hydrogen-bond donors (Lipinski definition) is 12. The first-order valence-electron chi connectivity index (χ1n) is 26.4. The number of nitrogens with one attached hydrogen (secondary N) is 9. The number of carbonyl (C=O) groups is 8. The van der Waals surface area contributed by atoms with Crippen molar-refractivity contribution in [2.24, 2.45) is 11.5 Å². The van der Waals surface area contributed by atoms with Crippen molar-refractivity contribution in [2.45, 2.75) is 126 Å². The van der Waals surface area contributed by atoms with Gasteiger partial charge in [-0.1, -0.05) is 109 Å². The fourth-order valence-electron chi connectivity index (χ4n) is 9.12. The quantitative estimate of drug-likeness (QED) is 0.0619. The van der Waals surface area contributed by atoms with E-state index in [1.165, 1.54) is 6.92 Å². The first kappa shape index (κ1) is 58.3. The Kier molecular flexibility index (Phi) is 22.7. The molecule has 1 saturated heterocycles. The van der Waals surface area contributed by atoms with Crippen LogP contribution >= 0.6 is 0 Å². The van der Waals surface area contributed by atoms with Gasteiger partial charge in [-0.3, -0.25) is 38.4 Å². The van der Waals surface area contributed by atoms with Gasteiger partial charge in [0, 0.05) is 55.7 Å². The number of para-hydroxylation sites is 1. The number of aliphatic hydroxyl groups is 1. The lowest BCUT2D eigenvalue weighted by molar-refractivity contribution is -0.136. The highest BCUT2D eigenvalue weighted by molar-refractivity contribution is 5.98. The lowest BCUT2D eigenvalue weighted by Crippen LogP contribution is -2.62. The minimum atomic E-state index is -1.61. The van der Waals surface area contributed by atoms with Crippen LogP contribution in [0.5, 0.6) is 0 Å². The third-order valence-corrected chi connectivity index (χ3v) is 13.3. The van der Waals surface area contributed by atoms with Crippen molar-refractivity contribution in [3.63, 3.8) is 0 Å². The SMILES string of the molecule is C[C@@H](O)[C@@H]1NC(=O)[C@H](CCCCN)NC(=O)[C@@H](Cc2c[nH]c3ccccc23)NC(=O)[C@H](Cc2ccccc2)NC(=O)[C@H](Cc2ccccc2)NC(=O)[C@H](CCCN)NC(=O)CCCNC(=O)[C@H](Cc2ccccc2)NC1=O. The summed E-state index contributed by atoms with van der Waals surface area (Å²) >= 11 is 0. The first-order valence-corrected chi connectivity index (χ1v) is 26.4. The molecule has 5 aromatic rings. The molecule has 0 saturated carbocycles. The number of unbranched alkanes of at least 4 members (excludes halogenated alkanes) is 1. The molecule has 0 bridgehead atoms. The summed E-state index contributed by atoms with van der Waals surface area (Å²) < 4.78 is 0. The van der Waals surface area contributed by atoms with E-state index in [2.05, 4.69) is 47.5 Å². The van der Waals surface area contributed by atoms with E-state index in [4.69, 9.17) is 11.5 Å². The van der Waals surface area contributed by atoms with Crippen molar-refractivity contribution in [3.8, 4) is 0 Å². The smallest absolute Gasteiger partial charge is 0.245 e. The van der Waals surface area contributed by atoms with Gasteiger partial charge in [0.15, 0.2) is 0 Å². The molecule has 8 amide bonds. The van der Waals surface area contributed by atoms with Crippen molar-refractivity contribution in [2.75, 3.05) is 19.6 Å². The van der Waals surface area contributed by atoms with Crippen molar-refractivity contribution in [3.05, 3.63) is 144 Å². The number of aromatic amines is 1. The number of nitrogens with two attached hydrogens (primary N) is 2. The Morgan fingerprint density at radius 2 is 0.909 bits per heavy atom. The predicted molar refractivity (Wildman–Crippen MR) is 291 cm³/mol. The van der Waals surface area contributed by atoms with Crippen LogP contribution in [0.15, 0.2) is 121 Å². The normalized spacial score (nSPS) is 22.5. The third-order valence-electron chi connectivity index (χ3n) is 13.3. The topological polar surface area (TPSA) is 321 Å². The second-order valence-corrected chi connectivity index (χ2v) is 19.4. The third kappa shape index (κ3) is 18.1. The Labute approximate surface area is 448 Å². The summed E-state index contributed by atoms with van der Waals surface area (Å²) in [4.78, 5) is 118. The van der Waals surface area contributed by atoms with Gasteiger partial charge in [0.05, 0.1) is 6.10 Å². The number of H-pyrrole nitrogens is 1. The molecule has 6 rings (SSSR count). The summed E-state index contributed by atoms with van der Waals surface area (Å²) in [5.41, 5.74) is 15.2. The molecule has 14 N–H and O–H groups in total. The molecule has 4 aromatic carbocycles. The van der Waals surface area contributed by atoms with Gasteiger partial charge in [-0.25, -0.2) is 0 Å². The number of rotatable bonds is 16. The number of amides is 8. The number of carbonyl (C=O) groups excluding carboxylic acids is 8. The molecule has 410 valence electrons. The highest BCUT2D eigenvalue weighted by Gasteiger charge is 2.36. The second-order valence-electron chi connectivity index (χ2n) is 19.4. The van der Waals surface area contributed by atoms with Gasteiger partial charge < -0.3 is 64.1 Å². The Balaban J connectivity index is 1.40. The summed E-state index contributed by atoms with van der Waals surface area (Å²) in [7, 11) is 0. The Bertz CT molecular complexity index is 2740. The summed E-state index contributed by atoms with van der Waals surface area (Å²) in [5.74, 6) is -5.77. The standard InChI is InChI=1S/C57H73N11O9/c1-36(69)50-57(77)67-45(31-37-17-5-2-6-18-37)51(71)60-30-16-27-49(70)62-43(26-15-29-59)52(72)64-46(32-38-19-7-3-8-20-38)54(74)65-47(33-39-21-9-4-10-22-39)55(75)66-48(34-40-35-61-42-24-12-11-23-41(40)42)56(76)63-44(53(73)68-50)25-13-14-28-58/h2-12,17-24,35-36,43-48,50,61,69H,13-16,25-34,58-59H2,1H3,(H,60,71)(H,62,70)(H,63,76)(H,64,72)(H,65,74)(H,66,75)(H,67,77)(H,68,73)/t36-,43+,44+,45+,46+,47+,48-,50+/m1/s1. The van der Waals surface area contributed by atoms with Crippen LogP contribution in [0.4, 0.5) is 0 Å². The van der Waals surface area contributed by atoms with Crippen LogP contribution in [0.25, 0.3) is 10.9 Å². The van der Waals surface area contributed by atoms with Gasteiger partial charge in [-0.2, -0.15) is 0 Å². The maximum atomic E-state index is 14.9. The van der Waals surface area contributed by atoms with Crippen LogP contribution < -0.4 is 54.0 Å². The van der Waals surface area contributed by atoms with Crippen LogP contribution in [-0.2, 0) is 64.0 Å². The molecule has 20 heteroatoms. The van der Waals surface area contributed by atoms with Crippen molar-refractivity contribution >= 4 is 58.2 Å². The van der Waals surface area contributed by atoms with E-state index >= 15 is 0 Å². The van der Waals surface area contributed by atoms with Gasteiger partial charge in [0.25, 0.3) is 0 Å². The van der Waals surface area contributed by atoms with E-state index in [1.807, 2.05) is 24.3 Å². The van der Waals surface area contributed by atoms with E-state index < -0.39 is 95.7 Å². The zero-order valence-electron chi connectivity index (χ0n) is 43.4. The minimum absolute atomic E-state index is 0.00379. The van der Waals surface area contributed by atoms with Crippen molar-refractivity contribution in [1.29, 1.82) is 0 Å². The molecule has 77 heavy (non-hydrogen) atoms. The van der Waals surface area contributed by atoms with Crippen LogP contribution in [0.3, 0.4) is 0 Å². The van der Waals surface area contributed by atoms with E-state index in [1.54, 1.807) is 97.2 Å². The molecule has 1 aromatic heterocycles. The fourth-order valence-corrected chi connectivity index (χ4v) is 9.12. The average molecular weight is 1060 g/mol.